The second-order valence-corrected chi connectivity index (χ2v) is 6.08. The third kappa shape index (κ3) is 3.55. The van der Waals surface area contributed by atoms with Crippen LogP contribution >= 0.6 is 12.4 Å². The molecule has 3 rings (SSSR count). The summed E-state index contributed by atoms with van der Waals surface area (Å²) >= 11 is 0. The van der Waals surface area contributed by atoms with Crippen LogP contribution in [-0.4, -0.2) is 18.0 Å². The molecule has 2 N–H and O–H groups in total. The van der Waals surface area contributed by atoms with Crippen molar-refractivity contribution in [3.05, 3.63) is 29.6 Å². The van der Waals surface area contributed by atoms with E-state index in [0.717, 1.165) is 18.4 Å². The van der Waals surface area contributed by atoms with Crippen molar-refractivity contribution in [3.8, 4) is 0 Å². The molecule has 1 aromatic carbocycles. The molecule has 2 aliphatic rings. The molecule has 0 spiro atoms. The second kappa shape index (κ2) is 6.75. The molecule has 1 aliphatic heterocycles. The number of carbonyl (C=O) groups excluding carboxylic acids is 1. The molecule has 0 aromatic heterocycles. The van der Waals surface area contributed by atoms with Gasteiger partial charge in [-0.1, -0.05) is 18.9 Å². The lowest BCUT2D eigenvalue weighted by Gasteiger charge is -2.24. The molecule has 21 heavy (non-hydrogen) atoms. The predicted octanol–water partition coefficient (Wildman–Crippen LogP) is 3.42. The first-order chi connectivity index (χ1) is 9.63. The summed E-state index contributed by atoms with van der Waals surface area (Å²) in [6.45, 7) is 1.83. The van der Waals surface area contributed by atoms with E-state index in [4.69, 9.17) is 0 Å². The summed E-state index contributed by atoms with van der Waals surface area (Å²) in [5, 5.41) is 6.12. The average molecular weight is 313 g/mol. The van der Waals surface area contributed by atoms with Crippen LogP contribution in [-0.2, 0) is 4.79 Å². The molecule has 1 saturated carbocycles. The number of anilines is 1. The summed E-state index contributed by atoms with van der Waals surface area (Å²) in [6, 6.07) is 5.17. The lowest BCUT2D eigenvalue weighted by atomic mass is 9.85. The molecule has 5 heteroatoms. The Bertz CT molecular complexity index is 509. The van der Waals surface area contributed by atoms with Crippen molar-refractivity contribution in [1.29, 1.82) is 0 Å². The van der Waals surface area contributed by atoms with E-state index < -0.39 is 0 Å². The molecule has 2 fully saturated rings. The van der Waals surface area contributed by atoms with Crippen LogP contribution in [0, 0.1) is 18.7 Å². The van der Waals surface area contributed by atoms with Crippen molar-refractivity contribution in [2.24, 2.45) is 5.92 Å². The largest absolute Gasteiger partial charge is 0.322 e. The van der Waals surface area contributed by atoms with Crippen LogP contribution in [0.25, 0.3) is 0 Å². The Hall–Kier alpha value is -1.13. The summed E-state index contributed by atoms with van der Waals surface area (Å²) < 4.78 is 13.8. The number of benzene rings is 1. The molecule has 1 amide bonds. The van der Waals surface area contributed by atoms with Crippen molar-refractivity contribution in [3.63, 3.8) is 0 Å². The fourth-order valence-corrected chi connectivity index (χ4v) is 3.46. The van der Waals surface area contributed by atoms with Gasteiger partial charge in [-0.05, 0) is 49.8 Å². The fourth-order valence-electron chi connectivity index (χ4n) is 3.46. The first kappa shape index (κ1) is 16.2. The summed E-state index contributed by atoms with van der Waals surface area (Å²) in [6.07, 6.45) is 5.76. The Morgan fingerprint density at radius 3 is 2.81 bits per heavy atom. The molecule has 1 saturated heterocycles. The number of rotatable bonds is 2. The van der Waals surface area contributed by atoms with Crippen LogP contribution in [0.4, 0.5) is 10.1 Å². The summed E-state index contributed by atoms with van der Waals surface area (Å²) in [7, 11) is 0. The van der Waals surface area contributed by atoms with Gasteiger partial charge in [0.25, 0.3) is 0 Å². The number of nitrogens with one attached hydrogen (secondary N) is 2. The lowest BCUT2D eigenvalue weighted by Crippen LogP contribution is -2.40. The molecule has 1 heterocycles. The smallest absolute Gasteiger partial charge is 0.241 e. The number of fused-ring (bicyclic) bond motifs is 1. The zero-order chi connectivity index (χ0) is 14.1. The molecule has 1 aromatic rings. The third-order valence-corrected chi connectivity index (χ3v) is 4.56. The molecule has 3 unspecified atom stereocenters. The minimum Gasteiger partial charge on any atom is -0.322 e. The van der Waals surface area contributed by atoms with Gasteiger partial charge < -0.3 is 10.6 Å². The highest BCUT2D eigenvalue weighted by atomic mass is 35.5. The van der Waals surface area contributed by atoms with Gasteiger partial charge in [-0.25, -0.2) is 4.39 Å². The molecular formula is C16H22ClFN2O. The van der Waals surface area contributed by atoms with E-state index in [2.05, 4.69) is 10.6 Å². The lowest BCUT2D eigenvalue weighted by molar-refractivity contribution is -0.117. The zero-order valence-electron chi connectivity index (χ0n) is 12.2. The van der Waals surface area contributed by atoms with Gasteiger partial charge >= 0.3 is 0 Å². The SMILES string of the molecule is Cc1ccc(NC(=O)C2CC3CCCCC3N2)c(F)c1.Cl. The number of halogens is 2. The average Bonchev–Trinajstić information content (AvgIpc) is 2.86. The zero-order valence-corrected chi connectivity index (χ0v) is 13.0. The monoisotopic (exact) mass is 312 g/mol. The molecule has 0 bridgehead atoms. The van der Waals surface area contributed by atoms with Crippen molar-refractivity contribution in [2.45, 2.75) is 51.1 Å². The first-order valence-corrected chi connectivity index (χ1v) is 7.46. The molecule has 1 aliphatic carbocycles. The van der Waals surface area contributed by atoms with Crippen LogP contribution in [0.3, 0.4) is 0 Å². The number of amides is 1. The van der Waals surface area contributed by atoms with Gasteiger partial charge in [-0.2, -0.15) is 0 Å². The van der Waals surface area contributed by atoms with Crippen LogP contribution in [0.5, 0.6) is 0 Å². The predicted molar refractivity (Wildman–Crippen MR) is 84.3 cm³/mol. The fraction of sp³-hybridized carbons (Fsp3) is 0.562. The Morgan fingerprint density at radius 1 is 1.33 bits per heavy atom. The Balaban J connectivity index is 0.00000161. The summed E-state index contributed by atoms with van der Waals surface area (Å²) in [5.74, 6) is 0.137. The molecule has 0 radical (unpaired) electrons. The summed E-state index contributed by atoms with van der Waals surface area (Å²) in [4.78, 5) is 12.3. The first-order valence-electron chi connectivity index (χ1n) is 7.46. The highest BCUT2D eigenvalue weighted by Crippen LogP contribution is 2.33. The van der Waals surface area contributed by atoms with Crippen molar-refractivity contribution in [2.75, 3.05) is 5.32 Å². The highest BCUT2D eigenvalue weighted by Gasteiger charge is 2.38. The van der Waals surface area contributed by atoms with Crippen molar-refractivity contribution < 1.29 is 9.18 Å². The molecule has 116 valence electrons. The number of aryl methyl sites for hydroxylation is 1. The van der Waals surface area contributed by atoms with E-state index in [1.165, 1.54) is 25.3 Å². The Morgan fingerprint density at radius 2 is 2.10 bits per heavy atom. The van der Waals surface area contributed by atoms with E-state index in [0.29, 0.717) is 12.0 Å². The van der Waals surface area contributed by atoms with Crippen LogP contribution in [0.1, 0.15) is 37.7 Å². The van der Waals surface area contributed by atoms with E-state index in [-0.39, 0.29) is 35.9 Å². The van der Waals surface area contributed by atoms with Crippen molar-refractivity contribution >= 4 is 24.0 Å². The number of hydrogen-bond acceptors (Lipinski definition) is 2. The van der Waals surface area contributed by atoms with Crippen LogP contribution in [0.2, 0.25) is 0 Å². The molecular weight excluding hydrogens is 291 g/mol. The third-order valence-electron chi connectivity index (χ3n) is 4.56. The highest BCUT2D eigenvalue weighted by molar-refractivity contribution is 5.95. The number of hydrogen-bond donors (Lipinski definition) is 2. The quantitative estimate of drug-likeness (QED) is 0.878. The minimum atomic E-state index is -0.367. The molecule has 3 atom stereocenters. The Labute approximate surface area is 131 Å². The number of carbonyl (C=O) groups is 1. The van der Waals surface area contributed by atoms with E-state index in [1.54, 1.807) is 12.1 Å². The minimum absolute atomic E-state index is 0. The van der Waals surface area contributed by atoms with E-state index >= 15 is 0 Å². The topological polar surface area (TPSA) is 41.1 Å². The van der Waals surface area contributed by atoms with Crippen LogP contribution in [0.15, 0.2) is 18.2 Å². The van der Waals surface area contributed by atoms with Gasteiger partial charge in [0.1, 0.15) is 5.82 Å². The van der Waals surface area contributed by atoms with E-state index in [1.807, 2.05) is 6.92 Å². The maximum Gasteiger partial charge on any atom is 0.241 e. The standard InChI is InChI=1S/C16H21FN2O.ClH/c1-10-6-7-14(12(17)8-10)19-16(20)15-9-11-4-2-3-5-13(11)18-15;/h6-8,11,13,15,18H,2-5,9H2,1H3,(H,19,20);1H. The van der Waals surface area contributed by atoms with Gasteiger partial charge in [0, 0.05) is 6.04 Å². The van der Waals surface area contributed by atoms with Gasteiger partial charge in [0.05, 0.1) is 11.7 Å². The van der Waals surface area contributed by atoms with Gasteiger partial charge in [-0.15, -0.1) is 12.4 Å². The maximum absolute atomic E-state index is 13.8. The second-order valence-electron chi connectivity index (χ2n) is 6.08. The molecule has 3 nitrogen and oxygen atoms in total. The van der Waals surface area contributed by atoms with Crippen LogP contribution < -0.4 is 10.6 Å². The van der Waals surface area contributed by atoms with Gasteiger partial charge in [0.15, 0.2) is 0 Å². The van der Waals surface area contributed by atoms with E-state index in [9.17, 15) is 9.18 Å². The summed E-state index contributed by atoms with van der Waals surface area (Å²) in [5.41, 5.74) is 1.13. The van der Waals surface area contributed by atoms with Gasteiger partial charge in [-0.3, -0.25) is 4.79 Å². The Kier molecular flexibility index (Phi) is 5.22. The van der Waals surface area contributed by atoms with Gasteiger partial charge in [0.2, 0.25) is 5.91 Å². The maximum atomic E-state index is 13.8. The normalized spacial score (nSPS) is 27.6. The van der Waals surface area contributed by atoms with Crippen molar-refractivity contribution in [1.82, 2.24) is 5.32 Å².